The second-order valence-electron chi connectivity index (χ2n) is 7.06. The molecule has 0 aromatic heterocycles. The second kappa shape index (κ2) is 5.38. The Labute approximate surface area is 127 Å². The molecule has 3 nitrogen and oxygen atoms in total. The molecule has 21 heavy (non-hydrogen) atoms. The lowest BCUT2D eigenvalue weighted by atomic mass is 9.89. The van der Waals surface area contributed by atoms with Crippen LogP contribution in [-0.4, -0.2) is 43.2 Å². The van der Waals surface area contributed by atoms with Crippen LogP contribution in [0.15, 0.2) is 24.3 Å². The molecule has 1 aromatic carbocycles. The fraction of sp³-hybridized carbons (Fsp3) is 0.667. The Morgan fingerprint density at radius 3 is 3.05 bits per heavy atom. The quantitative estimate of drug-likeness (QED) is 0.923. The van der Waals surface area contributed by atoms with Crippen molar-refractivity contribution in [1.29, 1.82) is 0 Å². The molecule has 0 spiro atoms. The molecule has 2 aliphatic heterocycles. The van der Waals surface area contributed by atoms with Gasteiger partial charge in [0.1, 0.15) is 0 Å². The van der Waals surface area contributed by atoms with Crippen molar-refractivity contribution in [3.8, 4) is 0 Å². The molecule has 1 saturated carbocycles. The first kappa shape index (κ1) is 13.7. The van der Waals surface area contributed by atoms with Gasteiger partial charge < -0.3 is 10.1 Å². The van der Waals surface area contributed by atoms with E-state index in [0.29, 0.717) is 5.54 Å². The summed E-state index contributed by atoms with van der Waals surface area (Å²) in [5.74, 6) is 0.879. The average Bonchev–Trinajstić information content (AvgIpc) is 3.35. The fourth-order valence-electron chi connectivity index (χ4n) is 4.16. The molecular weight excluding hydrogens is 260 g/mol. The van der Waals surface area contributed by atoms with Crippen LogP contribution in [0.25, 0.3) is 0 Å². The van der Waals surface area contributed by atoms with Crippen molar-refractivity contribution in [3.63, 3.8) is 0 Å². The molecule has 3 heteroatoms. The number of nitrogens with zero attached hydrogens (tertiary/aromatic N) is 1. The van der Waals surface area contributed by atoms with Crippen LogP contribution >= 0.6 is 0 Å². The Morgan fingerprint density at radius 1 is 1.33 bits per heavy atom. The fourth-order valence-corrected chi connectivity index (χ4v) is 4.16. The molecule has 2 fully saturated rings. The highest BCUT2D eigenvalue weighted by molar-refractivity contribution is 5.31. The van der Waals surface area contributed by atoms with Crippen LogP contribution in [0.1, 0.15) is 37.0 Å². The van der Waals surface area contributed by atoms with E-state index in [2.05, 4.69) is 41.4 Å². The minimum absolute atomic E-state index is 0.256. The molecule has 2 heterocycles. The van der Waals surface area contributed by atoms with Gasteiger partial charge in [-0.2, -0.15) is 0 Å². The molecular formula is C18H26N2O. The van der Waals surface area contributed by atoms with Crippen molar-refractivity contribution in [2.75, 3.05) is 32.8 Å². The van der Waals surface area contributed by atoms with E-state index in [1.54, 1.807) is 0 Å². The van der Waals surface area contributed by atoms with E-state index in [9.17, 15) is 0 Å². The summed E-state index contributed by atoms with van der Waals surface area (Å²) in [5.41, 5.74) is 3.23. The van der Waals surface area contributed by atoms with Crippen LogP contribution in [0.3, 0.4) is 0 Å². The van der Waals surface area contributed by atoms with Gasteiger partial charge in [-0.25, -0.2) is 0 Å². The van der Waals surface area contributed by atoms with Crippen molar-refractivity contribution in [2.45, 2.75) is 37.8 Å². The summed E-state index contributed by atoms with van der Waals surface area (Å²) in [6.45, 7) is 7.75. The summed E-state index contributed by atoms with van der Waals surface area (Å²) >= 11 is 0. The first-order valence-electron chi connectivity index (χ1n) is 8.42. The van der Waals surface area contributed by atoms with Gasteiger partial charge in [-0.15, -0.1) is 0 Å². The summed E-state index contributed by atoms with van der Waals surface area (Å²) in [7, 11) is 0. The van der Waals surface area contributed by atoms with Gasteiger partial charge in [0.2, 0.25) is 0 Å². The molecule has 1 aliphatic carbocycles. The maximum Gasteiger partial charge on any atom is 0.0954 e. The first-order chi connectivity index (χ1) is 10.3. The molecule has 1 N–H and O–H groups in total. The number of rotatable bonds is 3. The van der Waals surface area contributed by atoms with Gasteiger partial charge in [-0.3, -0.25) is 4.90 Å². The molecule has 2 unspecified atom stereocenters. The molecule has 1 aromatic rings. The van der Waals surface area contributed by atoms with Crippen LogP contribution in [0, 0.1) is 5.92 Å². The predicted molar refractivity (Wildman–Crippen MR) is 84.4 cm³/mol. The Morgan fingerprint density at radius 2 is 2.19 bits per heavy atom. The Bertz CT molecular complexity index is 514. The minimum Gasteiger partial charge on any atom is -0.372 e. The number of fused-ring (bicyclic) bond motifs is 1. The van der Waals surface area contributed by atoms with Crippen molar-refractivity contribution < 1.29 is 4.74 Å². The molecule has 0 radical (unpaired) electrons. The van der Waals surface area contributed by atoms with Crippen LogP contribution < -0.4 is 5.32 Å². The largest absolute Gasteiger partial charge is 0.372 e. The smallest absolute Gasteiger partial charge is 0.0954 e. The van der Waals surface area contributed by atoms with E-state index in [1.165, 1.54) is 24.0 Å². The maximum atomic E-state index is 6.14. The van der Waals surface area contributed by atoms with Gasteiger partial charge >= 0.3 is 0 Å². The zero-order valence-corrected chi connectivity index (χ0v) is 13.0. The summed E-state index contributed by atoms with van der Waals surface area (Å²) in [4.78, 5) is 2.70. The first-order valence-corrected chi connectivity index (χ1v) is 8.42. The highest BCUT2D eigenvalue weighted by Crippen LogP contribution is 2.44. The predicted octanol–water partition coefficient (Wildman–Crippen LogP) is 2.37. The van der Waals surface area contributed by atoms with E-state index in [-0.39, 0.29) is 6.10 Å². The zero-order valence-electron chi connectivity index (χ0n) is 13.0. The number of piperazine rings is 1. The lowest BCUT2D eigenvalue weighted by Gasteiger charge is -2.47. The van der Waals surface area contributed by atoms with E-state index in [0.717, 1.165) is 45.1 Å². The number of hydrogen-bond donors (Lipinski definition) is 1. The molecule has 3 aliphatic rings. The summed E-state index contributed by atoms with van der Waals surface area (Å²) in [6, 6.07) is 8.83. The molecule has 0 bridgehead atoms. The molecule has 1 saturated heterocycles. The Balaban J connectivity index is 1.55. The molecule has 4 rings (SSSR count). The number of nitrogens with one attached hydrogen (secondary N) is 1. The third kappa shape index (κ3) is 2.52. The van der Waals surface area contributed by atoms with E-state index < -0.39 is 0 Å². The Hall–Kier alpha value is -0.900. The van der Waals surface area contributed by atoms with Crippen LogP contribution in [-0.2, 0) is 11.2 Å². The van der Waals surface area contributed by atoms with Crippen molar-refractivity contribution in [2.24, 2.45) is 5.92 Å². The topological polar surface area (TPSA) is 24.5 Å². The summed E-state index contributed by atoms with van der Waals surface area (Å²) < 4.78 is 6.14. The van der Waals surface area contributed by atoms with Crippen molar-refractivity contribution >= 4 is 0 Å². The minimum atomic E-state index is 0.256. The number of benzene rings is 1. The van der Waals surface area contributed by atoms with Gasteiger partial charge in [0.15, 0.2) is 0 Å². The van der Waals surface area contributed by atoms with Gasteiger partial charge in [0.05, 0.1) is 12.7 Å². The monoisotopic (exact) mass is 286 g/mol. The lowest BCUT2D eigenvalue weighted by Crippen LogP contribution is -2.61. The molecule has 2 atom stereocenters. The highest BCUT2D eigenvalue weighted by atomic mass is 16.5. The van der Waals surface area contributed by atoms with E-state index in [4.69, 9.17) is 4.74 Å². The third-order valence-electron chi connectivity index (χ3n) is 5.70. The highest BCUT2D eigenvalue weighted by Gasteiger charge is 2.47. The van der Waals surface area contributed by atoms with Gasteiger partial charge in [-0.05, 0) is 43.2 Å². The standard InChI is InChI=1S/C18H26N2O/c1-18(15-6-7-15)13-19-9-10-20(18)12-17-16-5-3-2-4-14(16)8-11-21-17/h2-5,15,17,19H,6-13H2,1H3. The normalized spacial score (nSPS) is 33.7. The van der Waals surface area contributed by atoms with E-state index >= 15 is 0 Å². The second-order valence-corrected chi connectivity index (χ2v) is 7.06. The lowest BCUT2D eigenvalue weighted by molar-refractivity contribution is -0.0282. The number of hydrogen-bond acceptors (Lipinski definition) is 3. The van der Waals surface area contributed by atoms with Crippen molar-refractivity contribution in [3.05, 3.63) is 35.4 Å². The van der Waals surface area contributed by atoms with Crippen LogP contribution in [0.4, 0.5) is 0 Å². The summed E-state index contributed by atoms with van der Waals surface area (Å²) in [5, 5.41) is 3.60. The Kier molecular flexibility index (Phi) is 3.52. The zero-order chi connectivity index (χ0) is 14.3. The molecule has 0 amide bonds. The van der Waals surface area contributed by atoms with Gasteiger partial charge in [0.25, 0.3) is 0 Å². The van der Waals surface area contributed by atoms with E-state index in [1.807, 2.05) is 0 Å². The number of ether oxygens (including phenoxy) is 1. The van der Waals surface area contributed by atoms with Gasteiger partial charge in [-0.1, -0.05) is 24.3 Å². The van der Waals surface area contributed by atoms with Crippen LogP contribution in [0.2, 0.25) is 0 Å². The van der Waals surface area contributed by atoms with Crippen LogP contribution in [0.5, 0.6) is 0 Å². The summed E-state index contributed by atoms with van der Waals surface area (Å²) in [6.07, 6.45) is 4.12. The SMILES string of the molecule is CC1(C2CC2)CNCCN1CC1OCCc2ccccc21. The van der Waals surface area contributed by atoms with Crippen molar-refractivity contribution in [1.82, 2.24) is 10.2 Å². The van der Waals surface area contributed by atoms with Gasteiger partial charge in [0, 0.05) is 31.7 Å². The third-order valence-corrected chi connectivity index (χ3v) is 5.70. The average molecular weight is 286 g/mol. The molecule has 114 valence electrons. The maximum absolute atomic E-state index is 6.14.